The zero-order chi connectivity index (χ0) is 18.6. The summed E-state index contributed by atoms with van der Waals surface area (Å²) in [7, 11) is 1.71. The summed E-state index contributed by atoms with van der Waals surface area (Å²) in [6.45, 7) is 5.35. The van der Waals surface area contributed by atoms with Gasteiger partial charge in [-0.05, 0) is 62.2 Å². The Labute approximate surface area is 160 Å². The quantitative estimate of drug-likeness (QED) is 0.672. The Bertz CT molecular complexity index is 872. The summed E-state index contributed by atoms with van der Waals surface area (Å²) in [4.78, 5) is 10.5. The summed E-state index contributed by atoms with van der Waals surface area (Å²) in [6, 6.07) is 13.2. The van der Waals surface area contributed by atoms with Gasteiger partial charge in [-0.25, -0.2) is 4.98 Å². The maximum absolute atomic E-state index is 5.61. The number of aromatic nitrogens is 2. The van der Waals surface area contributed by atoms with Crippen LogP contribution in [-0.2, 0) is 17.9 Å². The molecule has 3 aromatic rings. The summed E-state index contributed by atoms with van der Waals surface area (Å²) >= 11 is 0. The first-order chi connectivity index (χ1) is 13.3. The minimum atomic E-state index is 0.414. The van der Waals surface area contributed by atoms with Crippen molar-refractivity contribution in [3.63, 3.8) is 0 Å². The Morgan fingerprint density at radius 3 is 3.00 bits per heavy atom. The number of rotatable bonds is 7. The molecule has 1 aliphatic heterocycles. The maximum atomic E-state index is 5.61. The first-order valence-electron chi connectivity index (χ1n) is 9.69. The minimum Gasteiger partial charge on any atom is -0.496 e. The van der Waals surface area contributed by atoms with Crippen LogP contribution >= 0.6 is 0 Å². The molecule has 1 atom stereocenters. The SMILES string of the molecule is CCOCc1cc(CN2CCC[C@@H]2c2cc3cccnc3[nH]2)ccc1OC. The zero-order valence-electron chi connectivity index (χ0n) is 16.1. The van der Waals surface area contributed by atoms with Gasteiger partial charge in [0.25, 0.3) is 0 Å². The predicted molar refractivity (Wildman–Crippen MR) is 107 cm³/mol. The Balaban J connectivity index is 1.54. The highest BCUT2D eigenvalue weighted by Crippen LogP contribution is 2.34. The van der Waals surface area contributed by atoms with Crippen LogP contribution in [0.2, 0.25) is 0 Å². The van der Waals surface area contributed by atoms with Gasteiger partial charge in [0.2, 0.25) is 0 Å². The Hall–Kier alpha value is -2.37. The monoisotopic (exact) mass is 365 g/mol. The van der Waals surface area contributed by atoms with Crippen molar-refractivity contribution in [1.82, 2.24) is 14.9 Å². The van der Waals surface area contributed by atoms with Gasteiger partial charge in [0, 0.05) is 36.0 Å². The minimum absolute atomic E-state index is 0.414. The van der Waals surface area contributed by atoms with Crippen LogP contribution in [0.15, 0.2) is 42.6 Å². The molecule has 0 aliphatic carbocycles. The average Bonchev–Trinajstić information content (AvgIpc) is 3.32. The molecular formula is C22H27N3O2. The van der Waals surface area contributed by atoms with E-state index in [-0.39, 0.29) is 0 Å². The fourth-order valence-electron chi connectivity index (χ4n) is 4.02. The number of methoxy groups -OCH3 is 1. The maximum Gasteiger partial charge on any atom is 0.137 e. The third-order valence-electron chi connectivity index (χ3n) is 5.33. The molecule has 1 saturated heterocycles. The van der Waals surface area contributed by atoms with Crippen molar-refractivity contribution in [2.45, 2.75) is 39.0 Å². The van der Waals surface area contributed by atoms with Gasteiger partial charge in [0.15, 0.2) is 0 Å². The molecule has 142 valence electrons. The molecule has 0 saturated carbocycles. The smallest absolute Gasteiger partial charge is 0.137 e. The molecule has 1 aliphatic rings. The van der Waals surface area contributed by atoms with Gasteiger partial charge in [0.1, 0.15) is 11.4 Å². The van der Waals surface area contributed by atoms with E-state index in [9.17, 15) is 0 Å². The number of hydrogen-bond donors (Lipinski definition) is 1. The first-order valence-corrected chi connectivity index (χ1v) is 9.69. The van der Waals surface area contributed by atoms with Gasteiger partial charge >= 0.3 is 0 Å². The van der Waals surface area contributed by atoms with Crippen molar-refractivity contribution >= 4 is 11.0 Å². The highest BCUT2D eigenvalue weighted by Gasteiger charge is 2.27. The van der Waals surface area contributed by atoms with Crippen LogP contribution in [0.4, 0.5) is 0 Å². The molecular weight excluding hydrogens is 338 g/mol. The van der Waals surface area contributed by atoms with E-state index >= 15 is 0 Å². The number of likely N-dealkylation sites (tertiary alicyclic amines) is 1. The van der Waals surface area contributed by atoms with Crippen molar-refractivity contribution in [2.75, 3.05) is 20.3 Å². The normalized spacial score (nSPS) is 17.6. The van der Waals surface area contributed by atoms with Crippen molar-refractivity contribution in [3.8, 4) is 5.75 Å². The predicted octanol–water partition coefficient (Wildman–Crippen LogP) is 4.45. The van der Waals surface area contributed by atoms with Crippen LogP contribution in [0.25, 0.3) is 11.0 Å². The molecule has 1 fully saturated rings. The zero-order valence-corrected chi connectivity index (χ0v) is 16.1. The number of ether oxygens (including phenoxy) is 2. The second kappa shape index (κ2) is 8.11. The third kappa shape index (κ3) is 3.84. The number of fused-ring (bicyclic) bond motifs is 1. The Morgan fingerprint density at radius 1 is 1.26 bits per heavy atom. The molecule has 5 heteroatoms. The van der Waals surface area contributed by atoms with E-state index in [4.69, 9.17) is 9.47 Å². The van der Waals surface area contributed by atoms with E-state index in [2.05, 4.69) is 45.2 Å². The summed E-state index contributed by atoms with van der Waals surface area (Å²) in [5.74, 6) is 0.895. The van der Waals surface area contributed by atoms with E-state index in [0.717, 1.165) is 30.0 Å². The van der Waals surface area contributed by atoms with E-state index in [1.165, 1.54) is 29.5 Å². The van der Waals surface area contributed by atoms with Gasteiger partial charge in [-0.15, -0.1) is 0 Å². The number of pyridine rings is 1. The number of benzene rings is 1. The molecule has 0 bridgehead atoms. The first kappa shape index (κ1) is 18.0. The van der Waals surface area contributed by atoms with Gasteiger partial charge in [-0.2, -0.15) is 0 Å². The van der Waals surface area contributed by atoms with Crippen LogP contribution in [-0.4, -0.2) is 35.1 Å². The van der Waals surface area contributed by atoms with Gasteiger partial charge in [-0.3, -0.25) is 4.90 Å². The van der Waals surface area contributed by atoms with E-state index in [0.29, 0.717) is 19.3 Å². The van der Waals surface area contributed by atoms with E-state index in [1.54, 1.807) is 7.11 Å². The lowest BCUT2D eigenvalue weighted by molar-refractivity contribution is 0.132. The topological polar surface area (TPSA) is 50.4 Å². The molecule has 0 amide bonds. The third-order valence-corrected chi connectivity index (χ3v) is 5.33. The lowest BCUT2D eigenvalue weighted by Crippen LogP contribution is -2.23. The molecule has 1 N–H and O–H groups in total. The molecule has 4 rings (SSSR count). The van der Waals surface area contributed by atoms with Crippen LogP contribution in [0.1, 0.15) is 42.6 Å². The van der Waals surface area contributed by atoms with E-state index < -0.39 is 0 Å². The molecule has 27 heavy (non-hydrogen) atoms. The van der Waals surface area contributed by atoms with Crippen molar-refractivity contribution < 1.29 is 9.47 Å². The number of hydrogen-bond acceptors (Lipinski definition) is 4. The van der Waals surface area contributed by atoms with Crippen molar-refractivity contribution in [3.05, 3.63) is 59.4 Å². The highest BCUT2D eigenvalue weighted by molar-refractivity contribution is 5.76. The largest absolute Gasteiger partial charge is 0.496 e. The van der Waals surface area contributed by atoms with Gasteiger partial charge < -0.3 is 14.5 Å². The second-order valence-corrected chi connectivity index (χ2v) is 7.08. The Kier molecular flexibility index (Phi) is 5.41. The molecule has 0 unspecified atom stereocenters. The van der Waals surface area contributed by atoms with Crippen LogP contribution in [0, 0.1) is 0 Å². The lowest BCUT2D eigenvalue weighted by Gasteiger charge is -2.24. The number of nitrogens with one attached hydrogen (secondary N) is 1. The van der Waals surface area contributed by atoms with Gasteiger partial charge in [0.05, 0.1) is 19.8 Å². The summed E-state index contributed by atoms with van der Waals surface area (Å²) < 4.78 is 11.1. The summed E-state index contributed by atoms with van der Waals surface area (Å²) in [6.07, 6.45) is 4.23. The number of aromatic amines is 1. The van der Waals surface area contributed by atoms with Crippen LogP contribution < -0.4 is 4.74 Å². The van der Waals surface area contributed by atoms with Gasteiger partial charge in [-0.1, -0.05) is 6.07 Å². The summed E-state index contributed by atoms with van der Waals surface area (Å²) in [5, 5.41) is 1.18. The van der Waals surface area contributed by atoms with E-state index in [1.807, 2.05) is 19.2 Å². The molecule has 3 heterocycles. The highest BCUT2D eigenvalue weighted by atomic mass is 16.5. The average molecular weight is 365 g/mol. The lowest BCUT2D eigenvalue weighted by atomic mass is 10.1. The number of nitrogens with zero attached hydrogens (tertiary/aromatic N) is 2. The summed E-state index contributed by atoms with van der Waals surface area (Å²) in [5.41, 5.74) is 4.65. The molecule has 0 spiro atoms. The van der Waals surface area contributed by atoms with Crippen molar-refractivity contribution in [2.24, 2.45) is 0 Å². The fraction of sp³-hybridized carbons (Fsp3) is 0.409. The van der Waals surface area contributed by atoms with Crippen molar-refractivity contribution in [1.29, 1.82) is 0 Å². The standard InChI is InChI=1S/C22H27N3O2/c1-3-27-15-18-12-16(8-9-21(18)26-2)14-25-11-5-7-20(25)19-13-17-6-4-10-23-22(17)24-19/h4,6,8-10,12-13,20H,3,5,7,11,14-15H2,1-2H3,(H,23,24)/t20-/m1/s1. The fourth-order valence-corrected chi connectivity index (χ4v) is 4.02. The molecule has 1 aromatic carbocycles. The molecule has 0 radical (unpaired) electrons. The molecule has 2 aromatic heterocycles. The van der Waals surface area contributed by atoms with Crippen LogP contribution in [0.5, 0.6) is 5.75 Å². The van der Waals surface area contributed by atoms with Crippen LogP contribution in [0.3, 0.4) is 0 Å². The number of H-pyrrole nitrogens is 1. The molecule has 5 nitrogen and oxygen atoms in total. The second-order valence-electron chi connectivity index (χ2n) is 7.08. The Morgan fingerprint density at radius 2 is 2.19 bits per heavy atom.